The number of hydrogen-bond donors (Lipinski definition) is 3. The van der Waals surface area contributed by atoms with E-state index < -0.39 is 15.4 Å². The number of aliphatic hydroxyl groups is 1. The molecule has 0 spiro atoms. The lowest BCUT2D eigenvalue weighted by molar-refractivity contribution is 0.101. The summed E-state index contributed by atoms with van der Waals surface area (Å²) >= 11 is 0. The number of aliphatic hydroxyl groups excluding tert-OH is 1. The maximum atomic E-state index is 12.1. The molecule has 0 aromatic rings. The third kappa shape index (κ3) is 4.59. The summed E-state index contributed by atoms with van der Waals surface area (Å²) in [5, 5.41) is 15.4. The van der Waals surface area contributed by atoms with Gasteiger partial charge in [-0.25, -0.2) is 13.2 Å². The van der Waals surface area contributed by atoms with Crippen molar-refractivity contribution in [3.05, 3.63) is 0 Å². The fraction of sp³-hybridized carbons (Fsp3) is 0.933. The van der Waals surface area contributed by atoms with Gasteiger partial charge in [0.1, 0.15) is 0 Å². The first-order valence-corrected chi connectivity index (χ1v) is 10.0. The van der Waals surface area contributed by atoms with E-state index in [9.17, 15) is 18.3 Å². The van der Waals surface area contributed by atoms with Crippen molar-refractivity contribution in [2.45, 2.75) is 51.0 Å². The molecule has 1 saturated carbocycles. The lowest BCUT2D eigenvalue weighted by atomic mass is 9.76. The Morgan fingerprint density at radius 2 is 1.91 bits per heavy atom. The molecule has 3 N–H and O–H groups in total. The molecule has 22 heavy (non-hydrogen) atoms. The van der Waals surface area contributed by atoms with Crippen LogP contribution in [0.3, 0.4) is 0 Å². The topological polar surface area (TPSA) is 95.5 Å². The van der Waals surface area contributed by atoms with E-state index in [1.807, 2.05) is 6.92 Å². The maximum Gasteiger partial charge on any atom is 0.315 e. The number of carbonyl (C=O) groups excluding carboxylic acids is 1. The minimum atomic E-state index is -2.91. The summed E-state index contributed by atoms with van der Waals surface area (Å²) in [7, 11) is -2.91. The average molecular weight is 332 g/mol. The first kappa shape index (κ1) is 17.5. The Bertz CT molecular complexity index is 488. The van der Waals surface area contributed by atoms with Crippen LogP contribution in [0.15, 0.2) is 0 Å². The molecule has 0 unspecified atom stereocenters. The van der Waals surface area contributed by atoms with E-state index in [1.54, 1.807) is 0 Å². The first-order valence-electron chi connectivity index (χ1n) is 8.22. The van der Waals surface area contributed by atoms with E-state index >= 15 is 0 Å². The van der Waals surface area contributed by atoms with Crippen molar-refractivity contribution in [3.8, 4) is 0 Å². The Morgan fingerprint density at radius 3 is 2.45 bits per heavy atom. The summed E-state index contributed by atoms with van der Waals surface area (Å²) < 4.78 is 22.8. The second-order valence-corrected chi connectivity index (χ2v) is 9.24. The summed E-state index contributed by atoms with van der Waals surface area (Å²) in [6.07, 6.45) is 6.17. The second kappa shape index (κ2) is 7.17. The normalized spacial score (nSPS) is 28.0. The van der Waals surface area contributed by atoms with Crippen LogP contribution in [0.2, 0.25) is 0 Å². The van der Waals surface area contributed by atoms with Crippen LogP contribution in [0.4, 0.5) is 4.79 Å². The van der Waals surface area contributed by atoms with E-state index in [0.29, 0.717) is 18.9 Å². The Morgan fingerprint density at radius 1 is 1.23 bits per heavy atom. The molecule has 2 atom stereocenters. The predicted octanol–water partition coefficient (Wildman–Crippen LogP) is 1.05. The van der Waals surface area contributed by atoms with E-state index in [1.165, 1.54) is 6.42 Å². The van der Waals surface area contributed by atoms with Crippen LogP contribution in [-0.4, -0.2) is 49.8 Å². The van der Waals surface area contributed by atoms with Crippen LogP contribution in [0, 0.1) is 11.8 Å². The monoisotopic (exact) mass is 332 g/mol. The molecular weight excluding hydrogens is 304 g/mol. The minimum absolute atomic E-state index is 0.00538. The average Bonchev–Trinajstić information content (AvgIpc) is 2.85. The van der Waals surface area contributed by atoms with Crippen LogP contribution >= 0.6 is 0 Å². The number of carbonyl (C=O) groups is 1. The molecule has 0 bridgehead atoms. The van der Waals surface area contributed by atoms with Gasteiger partial charge in [0, 0.05) is 6.54 Å². The number of amides is 2. The number of nitrogens with one attached hydrogen (secondary N) is 2. The van der Waals surface area contributed by atoms with Gasteiger partial charge < -0.3 is 15.7 Å². The van der Waals surface area contributed by atoms with Crippen molar-refractivity contribution in [2.24, 2.45) is 11.8 Å². The van der Waals surface area contributed by atoms with Gasteiger partial charge in [-0.1, -0.05) is 19.3 Å². The molecule has 1 saturated heterocycles. The van der Waals surface area contributed by atoms with Gasteiger partial charge in [0.2, 0.25) is 0 Å². The molecule has 2 amide bonds. The fourth-order valence-corrected chi connectivity index (χ4v) is 5.45. The van der Waals surface area contributed by atoms with Gasteiger partial charge in [-0.15, -0.1) is 0 Å². The van der Waals surface area contributed by atoms with Crippen LogP contribution in [0.25, 0.3) is 0 Å². The number of rotatable bonds is 5. The Labute approximate surface area is 133 Å². The van der Waals surface area contributed by atoms with Gasteiger partial charge in [0.05, 0.1) is 23.7 Å². The largest absolute Gasteiger partial charge is 0.394 e. The van der Waals surface area contributed by atoms with Crippen LogP contribution in [0.1, 0.15) is 45.4 Å². The van der Waals surface area contributed by atoms with Gasteiger partial charge in [0.15, 0.2) is 9.84 Å². The van der Waals surface area contributed by atoms with Crippen molar-refractivity contribution in [1.29, 1.82) is 0 Å². The van der Waals surface area contributed by atoms with E-state index in [-0.39, 0.29) is 30.1 Å². The summed E-state index contributed by atoms with van der Waals surface area (Å²) in [6, 6.07) is -0.313. The molecule has 2 rings (SSSR count). The van der Waals surface area contributed by atoms with E-state index in [0.717, 1.165) is 25.7 Å². The van der Waals surface area contributed by atoms with Crippen LogP contribution in [-0.2, 0) is 9.84 Å². The maximum absolute atomic E-state index is 12.1. The molecule has 0 aromatic heterocycles. The fourth-order valence-electron chi connectivity index (χ4n) is 3.58. The molecule has 0 radical (unpaired) electrons. The van der Waals surface area contributed by atoms with Crippen LogP contribution in [0.5, 0.6) is 0 Å². The summed E-state index contributed by atoms with van der Waals surface area (Å²) in [5.74, 6) is 0.680. The van der Waals surface area contributed by atoms with Crippen molar-refractivity contribution >= 4 is 15.9 Å². The van der Waals surface area contributed by atoms with Crippen LogP contribution < -0.4 is 10.6 Å². The lowest BCUT2D eigenvalue weighted by Crippen LogP contribution is -2.57. The lowest BCUT2D eigenvalue weighted by Gasteiger charge is -2.39. The molecule has 0 aromatic carbocycles. The molecular formula is C15H28N2O4S. The number of hydrogen-bond acceptors (Lipinski definition) is 4. The number of sulfone groups is 1. The zero-order valence-corrected chi connectivity index (χ0v) is 14.1. The quantitative estimate of drug-likeness (QED) is 0.701. The Balaban J connectivity index is 1.81. The smallest absolute Gasteiger partial charge is 0.315 e. The van der Waals surface area contributed by atoms with Gasteiger partial charge in [0.25, 0.3) is 0 Å². The SMILES string of the molecule is C[C@](CO)(NC(=O)NC[C@H]1CCS(=O)(=O)C1)C1CCCCC1. The zero-order valence-electron chi connectivity index (χ0n) is 13.3. The highest BCUT2D eigenvalue weighted by atomic mass is 32.2. The van der Waals surface area contributed by atoms with E-state index in [2.05, 4.69) is 10.6 Å². The third-order valence-corrected chi connectivity index (χ3v) is 6.95. The minimum Gasteiger partial charge on any atom is -0.394 e. The molecule has 2 aliphatic rings. The molecule has 6 nitrogen and oxygen atoms in total. The standard InChI is InChI=1S/C15H28N2O4S/c1-15(11-18,13-5-3-2-4-6-13)17-14(19)16-9-12-7-8-22(20,21)10-12/h12-13,18H,2-11H2,1H3,(H2,16,17,19)/t12-,15-/m1/s1. The van der Waals surface area contributed by atoms with Crippen molar-refractivity contribution in [1.82, 2.24) is 10.6 Å². The van der Waals surface area contributed by atoms with Gasteiger partial charge in [-0.05, 0) is 38.0 Å². The van der Waals surface area contributed by atoms with Gasteiger partial charge >= 0.3 is 6.03 Å². The summed E-state index contributed by atoms with van der Waals surface area (Å²) in [4.78, 5) is 12.1. The summed E-state index contributed by atoms with van der Waals surface area (Å²) in [5.41, 5.74) is -0.605. The second-order valence-electron chi connectivity index (χ2n) is 7.01. The highest BCUT2D eigenvalue weighted by Gasteiger charge is 2.36. The Hall–Kier alpha value is -0.820. The highest BCUT2D eigenvalue weighted by molar-refractivity contribution is 7.91. The Kier molecular flexibility index (Phi) is 5.71. The highest BCUT2D eigenvalue weighted by Crippen LogP contribution is 2.32. The molecule has 1 aliphatic carbocycles. The predicted molar refractivity (Wildman–Crippen MR) is 85.4 cm³/mol. The molecule has 2 fully saturated rings. The van der Waals surface area contributed by atoms with Crippen molar-refractivity contribution < 1.29 is 18.3 Å². The van der Waals surface area contributed by atoms with Crippen molar-refractivity contribution in [3.63, 3.8) is 0 Å². The van der Waals surface area contributed by atoms with Gasteiger partial charge in [-0.2, -0.15) is 0 Å². The molecule has 7 heteroatoms. The van der Waals surface area contributed by atoms with Crippen molar-refractivity contribution in [2.75, 3.05) is 24.7 Å². The van der Waals surface area contributed by atoms with Gasteiger partial charge in [-0.3, -0.25) is 0 Å². The molecule has 1 heterocycles. The summed E-state index contributed by atoms with van der Waals surface area (Å²) in [6.45, 7) is 2.18. The number of urea groups is 1. The molecule has 1 aliphatic heterocycles. The molecule has 128 valence electrons. The zero-order chi connectivity index (χ0) is 16.2. The first-order chi connectivity index (χ1) is 10.3. The third-order valence-electron chi connectivity index (χ3n) is 5.11. The van der Waals surface area contributed by atoms with E-state index in [4.69, 9.17) is 0 Å².